The second-order valence-electron chi connectivity index (χ2n) is 6.38. The third-order valence-electron chi connectivity index (χ3n) is 4.58. The molecule has 0 aliphatic heterocycles. The Balaban J connectivity index is 2.16. The largest absolute Gasteiger partial charge is 0.465 e. The van der Waals surface area contributed by atoms with Gasteiger partial charge in [0.25, 0.3) is 0 Å². The van der Waals surface area contributed by atoms with Gasteiger partial charge < -0.3 is 19.9 Å². The highest BCUT2D eigenvalue weighted by molar-refractivity contribution is 6.05. The van der Waals surface area contributed by atoms with E-state index in [4.69, 9.17) is 4.74 Å². The third kappa shape index (κ3) is 5.57. The van der Waals surface area contributed by atoms with E-state index in [-0.39, 0.29) is 18.0 Å². The van der Waals surface area contributed by atoms with E-state index >= 15 is 0 Å². The van der Waals surface area contributed by atoms with E-state index in [1.807, 2.05) is 24.3 Å². The molecule has 0 radical (unpaired) electrons. The van der Waals surface area contributed by atoms with Crippen molar-refractivity contribution >= 4 is 34.8 Å². The normalized spacial score (nSPS) is 10.2. The first-order valence-electron chi connectivity index (χ1n) is 9.51. The van der Waals surface area contributed by atoms with Crippen LogP contribution in [0.15, 0.2) is 48.5 Å². The molecule has 0 fully saturated rings. The van der Waals surface area contributed by atoms with Gasteiger partial charge in [0.2, 0.25) is 11.8 Å². The SMILES string of the molecule is CCN(CC)c1ccc(N(CC(=O)Nc2ccccc2C(=O)OC)C(C)=O)cc1. The first-order chi connectivity index (χ1) is 13.9. The number of amides is 2. The molecule has 2 aromatic carbocycles. The van der Waals surface area contributed by atoms with Crippen molar-refractivity contribution in [3.8, 4) is 0 Å². The second kappa shape index (κ2) is 10.3. The lowest BCUT2D eigenvalue weighted by molar-refractivity contribution is -0.120. The summed E-state index contributed by atoms with van der Waals surface area (Å²) in [6.45, 7) is 7.16. The van der Waals surface area contributed by atoms with Crippen molar-refractivity contribution in [1.29, 1.82) is 0 Å². The number of para-hydroxylation sites is 1. The molecule has 2 rings (SSSR count). The van der Waals surface area contributed by atoms with Gasteiger partial charge in [0.1, 0.15) is 6.54 Å². The van der Waals surface area contributed by atoms with Crippen molar-refractivity contribution in [3.63, 3.8) is 0 Å². The molecule has 0 unspecified atom stereocenters. The van der Waals surface area contributed by atoms with Gasteiger partial charge in [0.15, 0.2) is 0 Å². The zero-order chi connectivity index (χ0) is 21.4. The number of hydrogen-bond acceptors (Lipinski definition) is 5. The van der Waals surface area contributed by atoms with E-state index in [1.54, 1.807) is 24.3 Å². The number of rotatable bonds is 8. The summed E-state index contributed by atoms with van der Waals surface area (Å²) in [4.78, 5) is 40.2. The standard InChI is InChI=1S/C22H27N3O4/c1-5-24(6-2)17-11-13-18(14-12-17)25(16(3)26)15-21(27)23-20-10-8-7-9-19(20)22(28)29-4/h7-14H,5-6,15H2,1-4H3,(H,23,27). The number of esters is 1. The highest BCUT2D eigenvalue weighted by Crippen LogP contribution is 2.22. The van der Waals surface area contributed by atoms with Crippen LogP contribution < -0.4 is 15.1 Å². The second-order valence-corrected chi connectivity index (χ2v) is 6.38. The monoisotopic (exact) mass is 397 g/mol. The number of methoxy groups -OCH3 is 1. The van der Waals surface area contributed by atoms with E-state index in [0.29, 0.717) is 11.4 Å². The molecule has 1 N–H and O–H groups in total. The number of nitrogens with zero attached hydrogens (tertiary/aromatic N) is 2. The number of benzene rings is 2. The van der Waals surface area contributed by atoms with Crippen molar-refractivity contribution in [2.75, 3.05) is 41.9 Å². The Hall–Kier alpha value is -3.35. The van der Waals surface area contributed by atoms with Crippen molar-refractivity contribution in [2.24, 2.45) is 0 Å². The van der Waals surface area contributed by atoms with Crippen LogP contribution in [0.1, 0.15) is 31.1 Å². The molecule has 0 saturated carbocycles. The van der Waals surface area contributed by atoms with Crippen molar-refractivity contribution < 1.29 is 19.1 Å². The lowest BCUT2D eigenvalue weighted by Crippen LogP contribution is -2.37. The predicted molar refractivity (Wildman–Crippen MR) is 114 cm³/mol. The summed E-state index contributed by atoms with van der Waals surface area (Å²) < 4.78 is 4.74. The van der Waals surface area contributed by atoms with Crippen LogP contribution in [0.3, 0.4) is 0 Å². The third-order valence-corrected chi connectivity index (χ3v) is 4.58. The molecular weight excluding hydrogens is 370 g/mol. The fourth-order valence-corrected chi connectivity index (χ4v) is 3.03. The van der Waals surface area contributed by atoms with Gasteiger partial charge >= 0.3 is 5.97 Å². The Morgan fingerprint density at radius 1 is 0.931 bits per heavy atom. The number of hydrogen-bond donors (Lipinski definition) is 1. The molecule has 154 valence electrons. The Morgan fingerprint density at radius 2 is 1.52 bits per heavy atom. The van der Waals surface area contributed by atoms with E-state index in [1.165, 1.54) is 18.9 Å². The quantitative estimate of drug-likeness (QED) is 0.692. The molecule has 2 amide bonds. The van der Waals surface area contributed by atoms with Crippen LogP contribution in [-0.4, -0.2) is 44.5 Å². The molecule has 0 spiro atoms. The molecule has 0 aromatic heterocycles. The zero-order valence-electron chi connectivity index (χ0n) is 17.3. The minimum absolute atomic E-state index is 0.171. The van der Waals surface area contributed by atoms with E-state index in [2.05, 4.69) is 24.1 Å². The van der Waals surface area contributed by atoms with Gasteiger partial charge in [-0.3, -0.25) is 9.59 Å². The highest BCUT2D eigenvalue weighted by atomic mass is 16.5. The molecule has 0 heterocycles. The smallest absolute Gasteiger partial charge is 0.339 e. The molecule has 2 aromatic rings. The molecule has 0 atom stereocenters. The van der Waals surface area contributed by atoms with Gasteiger partial charge in [-0.1, -0.05) is 12.1 Å². The summed E-state index contributed by atoms with van der Waals surface area (Å²) in [5.74, 6) is -1.21. The lowest BCUT2D eigenvalue weighted by Gasteiger charge is -2.24. The van der Waals surface area contributed by atoms with Crippen molar-refractivity contribution in [3.05, 3.63) is 54.1 Å². The molecular formula is C22H27N3O4. The molecule has 0 aliphatic carbocycles. The van der Waals surface area contributed by atoms with Gasteiger partial charge in [-0.05, 0) is 50.2 Å². The fraction of sp³-hybridized carbons (Fsp3) is 0.318. The van der Waals surface area contributed by atoms with Crippen LogP contribution in [0.25, 0.3) is 0 Å². The van der Waals surface area contributed by atoms with E-state index in [0.717, 1.165) is 18.8 Å². The summed E-state index contributed by atoms with van der Waals surface area (Å²) in [6, 6.07) is 14.1. The molecule has 7 nitrogen and oxygen atoms in total. The lowest BCUT2D eigenvalue weighted by atomic mass is 10.1. The molecule has 7 heteroatoms. The number of carbonyl (C=O) groups is 3. The van der Waals surface area contributed by atoms with Crippen LogP contribution in [-0.2, 0) is 14.3 Å². The van der Waals surface area contributed by atoms with Crippen LogP contribution in [0.5, 0.6) is 0 Å². The Morgan fingerprint density at radius 3 is 2.07 bits per heavy atom. The maximum Gasteiger partial charge on any atom is 0.339 e. The number of carbonyl (C=O) groups excluding carboxylic acids is 3. The minimum Gasteiger partial charge on any atom is -0.465 e. The Bertz CT molecular complexity index is 861. The Labute approximate surface area is 171 Å². The number of anilines is 3. The van der Waals surface area contributed by atoms with Gasteiger partial charge in [-0.15, -0.1) is 0 Å². The molecule has 0 aliphatic rings. The van der Waals surface area contributed by atoms with Crippen molar-refractivity contribution in [2.45, 2.75) is 20.8 Å². The van der Waals surface area contributed by atoms with Crippen LogP contribution in [0, 0.1) is 0 Å². The first-order valence-corrected chi connectivity index (χ1v) is 9.51. The van der Waals surface area contributed by atoms with Crippen molar-refractivity contribution in [1.82, 2.24) is 0 Å². The average Bonchev–Trinajstić information content (AvgIpc) is 2.73. The minimum atomic E-state index is -0.545. The summed E-state index contributed by atoms with van der Waals surface area (Å²) >= 11 is 0. The van der Waals surface area contributed by atoms with Crippen LogP contribution in [0.2, 0.25) is 0 Å². The number of ether oxygens (including phenoxy) is 1. The average molecular weight is 397 g/mol. The van der Waals surface area contributed by atoms with E-state index < -0.39 is 11.9 Å². The van der Waals surface area contributed by atoms with E-state index in [9.17, 15) is 14.4 Å². The van der Waals surface area contributed by atoms with Crippen LogP contribution >= 0.6 is 0 Å². The molecule has 0 bridgehead atoms. The van der Waals surface area contributed by atoms with Gasteiger partial charge in [0, 0.05) is 31.4 Å². The molecule has 0 saturated heterocycles. The first kappa shape index (κ1) is 21.9. The summed E-state index contributed by atoms with van der Waals surface area (Å²) in [5.41, 5.74) is 2.27. The van der Waals surface area contributed by atoms with Gasteiger partial charge in [0.05, 0.1) is 18.4 Å². The summed E-state index contributed by atoms with van der Waals surface area (Å²) in [6.07, 6.45) is 0. The predicted octanol–water partition coefficient (Wildman–Crippen LogP) is 3.31. The number of nitrogens with one attached hydrogen (secondary N) is 1. The highest BCUT2D eigenvalue weighted by Gasteiger charge is 2.18. The van der Waals surface area contributed by atoms with Gasteiger partial charge in [-0.2, -0.15) is 0 Å². The zero-order valence-corrected chi connectivity index (χ0v) is 17.3. The summed E-state index contributed by atoms with van der Waals surface area (Å²) in [7, 11) is 1.28. The topological polar surface area (TPSA) is 78.9 Å². The maximum absolute atomic E-state index is 12.6. The Kier molecular flexibility index (Phi) is 7.77. The van der Waals surface area contributed by atoms with Gasteiger partial charge in [-0.25, -0.2) is 4.79 Å². The van der Waals surface area contributed by atoms with Crippen LogP contribution in [0.4, 0.5) is 17.1 Å². The fourth-order valence-electron chi connectivity index (χ4n) is 3.03. The maximum atomic E-state index is 12.6. The summed E-state index contributed by atoms with van der Waals surface area (Å²) in [5, 5.41) is 2.69. The molecule has 29 heavy (non-hydrogen) atoms.